The predicted octanol–water partition coefficient (Wildman–Crippen LogP) is 2.80. The molecular weight excluding hydrogens is 242 g/mol. The molecular formula is C15H19NO3. The molecule has 1 atom stereocenters. The molecule has 1 unspecified atom stereocenters. The Morgan fingerprint density at radius 2 is 2.16 bits per heavy atom. The summed E-state index contributed by atoms with van der Waals surface area (Å²) in [5.41, 5.74) is 1.32. The summed E-state index contributed by atoms with van der Waals surface area (Å²) in [4.78, 5) is 25.4. The molecule has 0 spiro atoms. The van der Waals surface area contributed by atoms with Crippen molar-refractivity contribution in [2.75, 3.05) is 11.4 Å². The van der Waals surface area contributed by atoms with Crippen LogP contribution in [0.2, 0.25) is 0 Å². The number of hydrogen-bond donors (Lipinski definition) is 0. The van der Waals surface area contributed by atoms with E-state index in [0.29, 0.717) is 23.5 Å². The molecule has 0 bridgehead atoms. The van der Waals surface area contributed by atoms with Gasteiger partial charge in [-0.15, -0.1) is 0 Å². The number of amides is 1. The molecule has 102 valence electrons. The third-order valence-corrected chi connectivity index (χ3v) is 3.31. The second-order valence-corrected chi connectivity index (χ2v) is 4.84. The zero-order valence-electron chi connectivity index (χ0n) is 11.6. The highest BCUT2D eigenvalue weighted by Crippen LogP contribution is 2.35. The Balaban J connectivity index is 2.41. The van der Waals surface area contributed by atoms with Crippen molar-refractivity contribution in [2.45, 2.75) is 39.7 Å². The molecule has 1 aromatic rings. The van der Waals surface area contributed by atoms with Gasteiger partial charge >= 0.3 is 0 Å². The van der Waals surface area contributed by atoms with Crippen LogP contribution in [0.1, 0.15) is 44.0 Å². The molecule has 0 aromatic heterocycles. The van der Waals surface area contributed by atoms with Gasteiger partial charge in [-0.3, -0.25) is 9.59 Å². The van der Waals surface area contributed by atoms with Crippen LogP contribution < -0.4 is 9.64 Å². The summed E-state index contributed by atoms with van der Waals surface area (Å²) in [5.74, 6) is 0.624. The van der Waals surface area contributed by atoms with E-state index in [1.165, 1.54) is 6.92 Å². The molecule has 0 radical (unpaired) electrons. The number of Topliss-reactive ketones (excluding diaryl/α,β-unsaturated/α-hetero) is 1. The van der Waals surface area contributed by atoms with Crippen LogP contribution in [0.15, 0.2) is 18.2 Å². The number of hydrogen-bond acceptors (Lipinski definition) is 3. The largest absolute Gasteiger partial charge is 0.479 e. The highest BCUT2D eigenvalue weighted by Gasteiger charge is 2.31. The molecule has 1 aliphatic rings. The van der Waals surface area contributed by atoms with Crippen molar-refractivity contribution in [2.24, 2.45) is 0 Å². The molecule has 2 rings (SSSR count). The average Bonchev–Trinajstić information content (AvgIpc) is 2.39. The zero-order valence-corrected chi connectivity index (χ0v) is 11.6. The van der Waals surface area contributed by atoms with Crippen molar-refractivity contribution in [3.05, 3.63) is 23.8 Å². The lowest BCUT2D eigenvalue weighted by atomic mass is 10.1. The van der Waals surface area contributed by atoms with Gasteiger partial charge in [-0.05, 0) is 38.5 Å². The second-order valence-electron chi connectivity index (χ2n) is 4.84. The summed E-state index contributed by atoms with van der Waals surface area (Å²) >= 11 is 0. The topological polar surface area (TPSA) is 46.6 Å². The molecule has 0 fully saturated rings. The van der Waals surface area contributed by atoms with Crippen LogP contribution in [-0.4, -0.2) is 24.3 Å². The standard InChI is InChI=1S/C15H19NO3/c1-4-5-8-16-13-9-12(10(2)17)6-7-14(13)19-11(3)15(16)18/h6-7,9,11H,4-5,8H2,1-3H3. The third kappa shape index (κ3) is 2.62. The van der Waals surface area contributed by atoms with E-state index in [1.54, 1.807) is 30.0 Å². The third-order valence-electron chi connectivity index (χ3n) is 3.31. The van der Waals surface area contributed by atoms with Crippen LogP contribution >= 0.6 is 0 Å². The summed E-state index contributed by atoms with van der Waals surface area (Å²) in [6.07, 6.45) is 1.48. The molecule has 1 aliphatic heterocycles. The number of anilines is 1. The maximum absolute atomic E-state index is 12.2. The van der Waals surface area contributed by atoms with E-state index >= 15 is 0 Å². The minimum Gasteiger partial charge on any atom is -0.479 e. The first-order valence-electron chi connectivity index (χ1n) is 6.67. The van der Waals surface area contributed by atoms with Gasteiger partial charge in [0.05, 0.1) is 5.69 Å². The lowest BCUT2D eigenvalue weighted by molar-refractivity contribution is -0.125. The second kappa shape index (κ2) is 5.43. The maximum Gasteiger partial charge on any atom is 0.267 e. The molecule has 1 amide bonds. The smallest absolute Gasteiger partial charge is 0.267 e. The van der Waals surface area contributed by atoms with E-state index in [-0.39, 0.29) is 11.7 Å². The Hall–Kier alpha value is -1.84. The first-order chi connectivity index (χ1) is 9.04. The van der Waals surface area contributed by atoms with Gasteiger partial charge in [-0.2, -0.15) is 0 Å². The van der Waals surface area contributed by atoms with Crippen molar-refractivity contribution in [3.8, 4) is 5.75 Å². The number of ketones is 1. The van der Waals surface area contributed by atoms with Crippen molar-refractivity contribution >= 4 is 17.4 Å². The van der Waals surface area contributed by atoms with E-state index < -0.39 is 6.10 Å². The molecule has 19 heavy (non-hydrogen) atoms. The fourth-order valence-electron chi connectivity index (χ4n) is 2.17. The van der Waals surface area contributed by atoms with E-state index in [4.69, 9.17) is 4.74 Å². The van der Waals surface area contributed by atoms with Crippen molar-refractivity contribution in [1.29, 1.82) is 0 Å². The monoisotopic (exact) mass is 261 g/mol. The highest BCUT2D eigenvalue weighted by atomic mass is 16.5. The van der Waals surface area contributed by atoms with Gasteiger partial charge in [0.15, 0.2) is 11.9 Å². The van der Waals surface area contributed by atoms with Gasteiger partial charge in [0.25, 0.3) is 5.91 Å². The zero-order chi connectivity index (χ0) is 14.0. The SMILES string of the molecule is CCCCN1C(=O)C(C)Oc2ccc(C(C)=O)cc21. The summed E-state index contributed by atoms with van der Waals surface area (Å²) in [6, 6.07) is 5.26. The molecule has 1 aromatic carbocycles. The summed E-state index contributed by atoms with van der Waals surface area (Å²) in [5, 5.41) is 0. The molecule has 4 heteroatoms. The molecule has 0 saturated heterocycles. The van der Waals surface area contributed by atoms with Crippen LogP contribution in [0.5, 0.6) is 5.75 Å². The molecule has 0 aliphatic carbocycles. The lowest BCUT2D eigenvalue weighted by Gasteiger charge is -2.33. The summed E-state index contributed by atoms with van der Waals surface area (Å²) < 4.78 is 5.59. The van der Waals surface area contributed by atoms with Crippen molar-refractivity contribution in [3.63, 3.8) is 0 Å². The normalized spacial score (nSPS) is 17.9. The quantitative estimate of drug-likeness (QED) is 0.783. The Morgan fingerprint density at radius 3 is 2.79 bits per heavy atom. The molecule has 0 N–H and O–H groups in total. The van der Waals surface area contributed by atoms with Gasteiger partial charge in [-0.25, -0.2) is 0 Å². The Morgan fingerprint density at radius 1 is 1.42 bits per heavy atom. The van der Waals surface area contributed by atoms with E-state index in [9.17, 15) is 9.59 Å². The predicted molar refractivity (Wildman–Crippen MR) is 73.8 cm³/mol. The molecule has 1 heterocycles. The minimum absolute atomic E-state index is 0.00990. The Labute approximate surface area is 113 Å². The number of fused-ring (bicyclic) bond motifs is 1. The number of carbonyl (C=O) groups excluding carboxylic acids is 2. The van der Waals surface area contributed by atoms with E-state index in [1.807, 2.05) is 0 Å². The van der Waals surface area contributed by atoms with E-state index in [0.717, 1.165) is 12.8 Å². The first-order valence-corrected chi connectivity index (χ1v) is 6.67. The van der Waals surface area contributed by atoms with Crippen LogP contribution in [0.4, 0.5) is 5.69 Å². The average molecular weight is 261 g/mol. The number of benzene rings is 1. The molecule has 0 saturated carbocycles. The van der Waals surface area contributed by atoms with Gasteiger partial charge < -0.3 is 9.64 Å². The minimum atomic E-state index is -0.465. The first kappa shape index (κ1) is 13.6. The van der Waals surface area contributed by atoms with E-state index in [2.05, 4.69) is 6.92 Å². The maximum atomic E-state index is 12.2. The van der Waals surface area contributed by atoms with Gasteiger partial charge in [0.1, 0.15) is 5.75 Å². The summed E-state index contributed by atoms with van der Waals surface area (Å²) in [7, 11) is 0. The fourth-order valence-corrected chi connectivity index (χ4v) is 2.17. The van der Waals surface area contributed by atoms with Gasteiger partial charge in [0.2, 0.25) is 0 Å². The van der Waals surface area contributed by atoms with Crippen LogP contribution in [0.25, 0.3) is 0 Å². The summed E-state index contributed by atoms with van der Waals surface area (Å²) in [6.45, 7) is 6.02. The van der Waals surface area contributed by atoms with Gasteiger partial charge in [0, 0.05) is 12.1 Å². The van der Waals surface area contributed by atoms with Crippen molar-refractivity contribution in [1.82, 2.24) is 0 Å². The number of nitrogens with zero attached hydrogens (tertiary/aromatic N) is 1. The van der Waals surface area contributed by atoms with Crippen LogP contribution in [0, 0.1) is 0 Å². The number of rotatable bonds is 4. The number of carbonyl (C=O) groups is 2. The fraction of sp³-hybridized carbons (Fsp3) is 0.467. The number of ether oxygens (including phenoxy) is 1. The molecule has 4 nitrogen and oxygen atoms in total. The van der Waals surface area contributed by atoms with Crippen molar-refractivity contribution < 1.29 is 14.3 Å². The van der Waals surface area contributed by atoms with Crippen LogP contribution in [-0.2, 0) is 4.79 Å². The lowest BCUT2D eigenvalue weighted by Crippen LogP contribution is -2.44. The highest BCUT2D eigenvalue weighted by molar-refractivity contribution is 6.02. The number of unbranched alkanes of at least 4 members (excludes halogenated alkanes) is 1. The Kier molecular flexibility index (Phi) is 3.88. The van der Waals surface area contributed by atoms with Crippen LogP contribution in [0.3, 0.4) is 0 Å². The van der Waals surface area contributed by atoms with Gasteiger partial charge in [-0.1, -0.05) is 13.3 Å². The Bertz CT molecular complexity index is 510.